The van der Waals surface area contributed by atoms with Crippen LogP contribution in [0.5, 0.6) is 0 Å². The third-order valence-electron chi connectivity index (χ3n) is 7.20. The van der Waals surface area contributed by atoms with Gasteiger partial charge in [-0.05, 0) is 53.9 Å². The van der Waals surface area contributed by atoms with Gasteiger partial charge in [0.1, 0.15) is 28.8 Å². The minimum atomic E-state index is -6.09. The molecule has 6 aromatic rings. The Kier molecular flexibility index (Phi) is 8.90. The fraction of sp³-hybridized carbons (Fsp3) is 0.0909. The molecular formula is C33H27F3NO3PS2. The molecule has 0 bridgehead atoms. The van der Waals surface area contributed by atoms with E-state index in [0.29, 0.717) is 0 Å². The van der Waals surface area contributed by atoms with E-state index in [1.54, 1.807) is 0 Å². The molecule has 6 rings (SSSR count). The summed E-state index contributed by atoms with van der Waals surface area (Å²) in [6.45, 7) is 0. The van der Waals surface area contributed by atoms with Gasteiger partial charge in [0.05, 0.1) is 4.88 Å². The molecule has 220 valence electrons. The van der Waals surface area contributed by atoms with Crippen molar-refractivity contribution in [2.24, 2.45) is 7.05 Å². The zero-order chi connectivity index (χ0) is 30.7. The zero-order valence-electron chi connectivity index (χ0n) is 22.9. The molecule has 0 N–H and O–H groups in total. The lowest BCUT2D eigenvalue weighted by Crippen LogP contribution is -2.35. The predicted octanol–water partition coefficient (Wildman–Crippen LogP) is 7.37. The normalized spacial score (nSPS) is 12.9. The Bertz CT molecular complexity index is 1800. The number of alkyl halides is 3. The molecule has 4 aromatic carbocycles. The van der Waals surface area contributed by atoms with Crippen molar-refractivity contribution in [1.29, 1.82) is 0 Å². The Balaban J connectivity index is 0.000000407. The van der Waals surface area contributed by atoms with Crippen LogP contribution in [0.15, 0.2) is 139 Å². The van der Waals surface area contributed by atoms with Crippen molar-refractivity contribution in [3.63, 3.8) is 0 Å². The van der Waals surface area contributed by atoms with Crippen LogP contribution in [0.25, 0.3) is 10.9 Å². The third kappa shape index (κ3) is 6.04. The number of benzene rings is 4. The first kappa shape index (κ1) is 30.7. The van der Waals surface area contributed by atoms with Crippen molar-refractivity contribution in [3.05, 3.63) is 149 Å². The van der Waals surface area contributed by atoms with Crippen molar-refractivity contribution in [2.75, 3.05) is 0 Å². The SMILES string of the molecule is Cn1cc(C(c2cccs2)[P+](c2ccccc2)(c2ccccc2)c2ccccc2)c2ccccc21.O=S(=O)([O-])C(F)(F)F. The second-order valence-corrected chi connectivity index (χ2v) is 15.6. The Hall–Kier alpha value is -3.75. The molecule has 0 saturated heterocycles. The predicted molar refractivity (Wildman–Crippen MR) is 170 cm³/mol. The number of nitrogens with zero attached hydrogens (tertiary/aromatic N) is 1. The molecule has 0 saturated carbocycles. The van der Waals surface area contributed by atoms with Gasteiger partial charge in [0.25, 0.3) is 0 Å². The summed E-state index contributed by atoms with van der Waals surface area (Å²) in [5.41, 5.74) is -2.78. The maximum atomic E-state index is 10.7. The lowest BCUT2D eigenvalue weighted by atomic mass is 10.1. The lowest BCUT2D eigenvalue weighted by molar-refractivity contribution is -0.0517. The highest BCUT2D eigenvalue weighted by Crippen LogP contribution is 2.70. The minimum Gasteiger partial charge on any atom is -0.741 e. The molecule has 4 nitrogen and oxygen atoms in total. The number of para-hydroxylation sites is 1. The van der Waals surface area contributed by atoms with Crippen molar-refractivity contribution in [2.45, 2.75) is 11.2 Å². The van der Waals surface area contributed by atoms with Crippen LogP contribution in [0.1, 0.15) is 16.1 Å². The Morgan fingerprint density at radius 1 is 0.721 bits per heavy atom. The van der Waals surface area contributed by atoms with Gasteiger partial charge in [0, 0.05) is 29.7 Å². The molecule has 10 heteroatoms. The molecule has 43 heavy (non-hydrogen) atoms. The summed E-state index contributed by atoms with van der Waals surface area (Å²) < 4.78 is 61.2. The molecular weight excluding hydrogens is 610 g/mol. The van der Waals surface area contributed by atoms with Gasteiger partial charge in [-0.25, -0.2) is 8.42 Å². The molecule has 0 aliphatic carbocycles. The number of aromatic nitrogens is 1. The third-order valence-corrected chi connectivity index (χ3v) is 13.5. The van der Waals surface area contributed by atoms with E-state index in [-0.39, 0.29) is 5.66 Å². The summed E-state index contributed by atoms with van der Waals surface area (Å²) in [6.07, 6.45) is 2.37. The average molecular weight is 638 g/mol. The van der Waals surface area contributed by atoms with E-state index >= 15 is 0 Å². The quantitative estimate of drug-likeness (QED) is 0.109. The monoisotopic (exact) mass is 637 g/mol. The summed E-state index contributed by atoms with van der Waals surface area (Å²) in [5.74, 6) is 0. The molecule has 0 aliphatic heterocycles. The Morgan fingerprint density at radius 2 is 1.16 bits per heavy atom. The van der Waals surface area contributed by atoms with Gasteiger partial charge in [0.15, 0.2) is 10.1 Å². The number of rotatable bonds is 6. The van der Waals surface area contributed by atoms with Crippen LogP contribution in [0.2, 0.25) is 0 Å². The fourth-order valence-corrected chi connectivity index (χ4v) is 11.7. The van der Waals surface area contributed by atoms with Gasteiger partial charge in [-0.2, -0.15) is 13.2 Å². The number of thiophene rings is 1. The average Bonchev–Trinajstić information content (AvgIpc) is 3.65. The van der Waals surface area contributed by atoms with E-state index in [1.165, 1.54) is 37.3 Å². The fourth-order valence-electron chi connectivity index (χ4n) is 5.47. The summed E-state index contributed by atoms with van der Waals surface area (Å²) >= 11 is 1.87. The Labute approximate surface area is 253 Å². The number of fused-ring (bicyclic) bond motifs is 1. The van der Waals surface area contributed by atoms with Gasteiger partial charge in [-0.1, -0.05) is 78.9 Å². The summed E-state index contributed by atoms with van der Waals surface area (Å²) in [6, 6.07) is 47.0. The lowest BCUT2D eigenvalue weighted by Gasteiger charge is -2.34. The molecule has 0 radical (unpaired) electrons. The smallest absolute Gasteiger partial charge is 0.485 e. The zero-order valence-corrected chi connectivity index (χ0v) is 25.5. The second-order valence-electron chi connectivity index (χ2n) is 9.76. The minimum absolute atomic E-state index is 0.195. The number of aryl methyl sites for hydroxylation is 1. The van der Waals surface area contributed by atoms with Crippen LogP contribution in [-0.4, -0.2) is 23.0 Å². The van der Waals surface area contributed by atoms with E-state index < -0.39 is 22.9 Å². The van der Waals surface area contributed by atoms with Crippen LogP contribution in [0.3, 0.4) is 0 Å². The van der Waals surface area contributed by atoms with Gasteiger partial charge in [-0.3, -0.25) is 0 Å². The molecule has 2 aromatic heterocycles. The van der Waals surface area contributed by atoms with E-state index in [1.807, 2.05) is 11.3 Å². The van der Waals surface area contributed by atoms with Crippen LogP contribution < -0.4 is 15.9 Å². The molecule has 2 heterocycles. The van der Waals surface area contributed by atoms with Crippen LogP contribution in [0, 0.1) is 0 Å². The second kappa shape index (κ2) is 12.5. The van der Waals surface area contributed by atoms with Gasteiger partial charge in [0.2, 0.25) is 0 Å². The molecule has 1 atom stereocenters. The summed E-state index contributed by atoms with van der Waals surface area (Å²) in [7, 11) is -6.09. The van der Waals surface area contributed by atoms with Crippen molar-refractivity contribution < 1.29 is 26.1 Å². The van der Waals surface area contributed by atoms with Crippen LogP contribution >= 0.6 is 18.6 Å². The summed E-state index contributed by atoms with van der Waals surface area (Å²) in [4.78, 5) is 1.41. The molecule has 0 aliphatic rings. The van der Waals surface area contributed by atoms with Crippen molar-refractivity contribution in [3.8, 4) is 0 Å². The standard InChI is InChI=1S/C32H27NPS.CHF3O3S/c1-33-24-29(28-20-11-12-21-30(28)33)32(31-22-13-23-35-31)34(25-14-5-2-6-15-25,26-16-7-3-8-17-26)27-18-9-4-10-19-27;2-1(3,4)8(5,6)7/h2-24,32H,1H3;(H,5,6,7)/q+1;/p-1. The van der Waals surface area contributed by atoms with E-state index in [0.717, 1.165) is 0 Å². The molecule has 0 fully saturated rings. The molecule has 0 spiro atoms. The maximum absolute atomic E-state index is 10.7. The largest absolute Gasteiger partial charge is 0.741 e. The Morgan fingerprint density at radius 3 is 1.58 bits per heavy atom. The first-order valence-corrected chi connectivity index (χ1v) is 17.3. The summed E-state index contributed by atoms with van der Waals surface area (Å²) in [5, 5.41) is 7.78. The highest BCUT2D eigenvalue weighted by atomic mass is 32.2. The highest BCUT2D eigenvalue weighted by molar-refractivity contribution is 7.96. The first-order chi connectivity index (χ1) is 20.5. The van der Waals surface area contributed by atoms with Gasteiger partial charge >= 0.3 is 5.51 Å². The van der Waals surface area contributed by atoms with Gasteiger partial charge < -0.3 is 9.12 Å². The number of hydrogen-bond donors (Lipinski definition) is 0. The number of hydrogen-bond acceptors (Lipinski definition) is 4. The van der Waals surface area contributed by atoms with E-state index in [4.69, 9.17) is 13.0 Å². The topological polar surface area (TPSA) is 62.1 Å². The van der Waals surface area contributed by atoms with Crippen LogP contribution in [-0.2, 0) is 17.2 Å². The molecule has 1 unspecified atom stereocenters. The van der Waals surface area contributed by atoms with Crippen LogP contribution in [0.4, 0.5) is 13.2 Å². The molecule has 0 amide bonds. The van der Waals surface area contributed by atoms with Crippen molar-refractivity contribution >= 4 is 55.5 Å². The van der Waals surface area contributed by atoms with E-state index in [2.05, 4.69) is 151 Å². The van der Waals surface area contributed by atoms with E-state index in [9.17, 15) is 13.2 Å². The van der Waals surface area contributed by atoms with Crippen molar-refractivity contribution in [1.82, 2.24) is 4.57 Å². The van der Waals surface area contributed by atoms with Gasteiger partial charge in [-0.15, -0.1) is 11.3 Å². The first-order valence-electron chi connectivity index (χ1n) is 13.2. The number of halogens is 3. The highest BCUT2D eigenvalue weighted by Gasteiger charge is 2.55. The maximum Gasteiger partial charge on any atom is 0.485 e.